The highest BCUT2D eigenvalue weighted by atomic mass is 15.3. The fourth-order valence-electron chi connectivity index (χ4n) is 3.96. The van der Waals surface area contributed by atoms with E-state index in [4.69, 9.17) is 0 Å². The van der Waals surface area contributed by atoms with E-state index in [-0.39, 0.29) is 0 Å². The molecule has 0 aromatic heterocycles. The first kappa shape index (κ1) is 17.6. The van der Waals surface area contributed by atoms with Gasteiger partial charge in [0.2, 0.25) is 0 Å². The molecule has 0 aliphatic carbocycles. The lowest BCUT2D eigenvalue weighted by molar-refractivity contribution is 0.212. The lowest BCUT2D eigenvalue weighted by Gasteiger charge is -2.29. The Morgan fingerprint density at radius 2 is 1.82 bits per heavy atom. The van der Waals surface area contributed by atoms with Crippen LogP contribution in [0.25, 0.3) is 0 Å². The highest BCUT2D eigenvalue weighted by molar-refractivity contribution is 5.80. The molecule has 0 saturated carbocycles. The number of hydrogen-bond donors (Lipinski definition) is 1. The fraction of sp³-hybridized carbons (Fsp3) is 0.944. The Bertz CT molecular complexity index is 345. The molecule has 0 amide bonds. The minimum atomic E-state index is 0.810. The van der Waals surface area contributed by atoms with Gasteiger partial charge in [0.05, 0.1) is 0 Å². The molecule has 0 aromatic carbocycles. The van der Waals surface area contributed by atoms with Crippen LogP contribution in [0.1, 0.15) is 46.0 Å². The van der Waals surface area contributed by atoms with Crippen LogP contribution in [0, 0.1) is 17.8 Å². The van der Waals surface area contributed by atoms with Crippen molar-refractivity contribution in [2.24, 2.45) is 22.7 Å². The lowest BCUT2D eigenvalue weighted by Crippen LogP contribution is -2.41. The summed E-state index contributed by atoms with van der Waals surface area (Å²) < 4.78 is 0. The Morgan fingerprint density at radius 1 is 1.14 bits per heavy atom. The van der Waals surface area contributed by atoms with Gasteiger partial charge in [-0.25, -0.2) is 0 Å². The second-order valence-electron chi connectivity index (χ2n) is 7.74. The maximum atomic E-state index is 4.50. The van der Waals surface area contributed by atoms with Crippen molar-refractivity contribution in [2.75, 3.05) is 46.8 Å². The average Bonchev–Trinajstić information content (AvgIpc) is 2.93. The van der Waals surface area contributed by atoms with Gasteiger partial charge in [-0.05, 0) is 70.0 Å². The van der Waals surface area contributed by atoms with Gasteiger partial charge in [-0.2, -0.15) is 0 Å². The molecule has 2 heterocycles. The predicted octanol–water partition coefficient (Wildman–Crippen LogP) is 2.66. The van der Waals surface area contributed by atoms with Gasteiger partial charge >= 0.3 is 0 Å². The molecule has 4 nitrogen and oxygen atoms in total. The maximum Gasteiger partial charge on any atom is 0.193 e. The van der Waals surface area contributed by atoms with Crippen molar-refractivity contribution in [3.05, 3.63) is 0 Å². The van der Waals surface area contributed by atoms with E-state index < -0.39 is 0 Å². The van der Waals surface area contributed by atoms with E-state index in [1.807, 2.05) is 7.05 Å². The predicted molar refractivity (Wildman–Crippen MR) is 95.3 cm³/mol. The van der Waals surface area contributed by atoms with Gasteiger partial charge in [-0.3, -0.25) is 4.99 Å². The van der Waals surface area contributed by atoms with Crippen LogP contribution in [-0.4, -0.2) is 62.6 Å². The third-order valence-corrected chi connectivity index (χ3v) is 5.28. The van der Waals surface area contributed by atoms with Crippen LogP contribution in [0.15, 0.2) is 4.99 Å². The fourth-order valence-corrected chi connectivity index (χ4v) is 3.96. The van der Waals surface area contributed by atoms with Crippen molar-refractivity contribution < 1.29 is 0 Å². The molecule has 0 bridgehead atoms. The number of nitrogens with one attached hydrogen (secondary N) is 1. The number of guanidine groups is 1. The van der Waals surface area contributed by atoms with Crippen LogP contribution >= 0.6 is 0 Å². The molecule has 1 atom stereocenters. The second kappa shape index (κ2) is 8.76. The first-order valence-electron chi connectivity index (χ1n) is 9.22. The molecular formula is C18H36N4. The molecule has 2 saturated heterocycles. The third-order valence-electron chi connectivity index (χ3n) is 5.28. The molecule has 1 N–H and O–H groups in total. The van der Waals surface area contributed by atoms with Crippen molar-refractivity contribution >= 4 is 5.96 Å². The minimum Gasteiger partial charge on any atom is -0.356 e. The zero-order chi connectivity index (χ0) is 15.9. The molecule has 1 unspecified atom stereocenters. The van der Waals surface area contributed by atoms with E-state index in [1.165, 1.54) is 58.3 Å². The SMILES string of the molecule is CN=C(NCCC1CCN(C)CC1)N1CCC(CC(C)C)C1. The summed E-state index contributed by atoms with van der Waals surface area (Å²) in [6.45, 7) is 10.6. The van der Waals surface area contributed by atoms with Crippen molar-refractivity contribution in [3.63, 3.8) is 0 Å². The van der Waals surface area contributed by atoms with E-state index in [0.717, 1.165) is 30.3 Å². The summed E-state index contributed by atoms with van der Waals surface area (Å²) in [6.07, 6.45) is 6.68. The summed E-state index contributed by atoms with van der Waals surface area (Å²) in [4.78, 5) is 9.41. The second-order valence-corrected chi connectivity index (χ2v) is 7.74. The number of nitrogens with zero attached hydrogens (tertiary/aromatic N) is 3. The normalized spacial score (nSPS) is 25.2. The summed E-state index contributed by atoms with van der Waals surface area (Å²) in [5.41, 5.74) is 0. The summed E-state index contributed by atoms with van der Waals surface area (Å²) in [5, 5.41) is 3.61. The molecule has 0 aromatic rings. The zero-order valence-electron chi connectivity index (χ0n) is 15.1. The van der Waals surface area contributed by atoms with Gasteiger partial charge in [-0.1, -0.05) is 13.8 Å². The van der Waals surface area contributed by atoms with Gasteiger partial charge < -0.3 is 15.1 Å². The van der Waals surface area contributed by atoms with E-state index in [0.29, 0.717) is 0 Å². The molecule has 2 aliphatic rings. The van der Waals surface area contributed by atoms with Gasteiger partial charge in [0.15, 0.2) is 5.96 Å². The Kier molecular flexibility index (Phi) is 7.00. The molecule has 2 rings (SSSR count). The van der Waals surface area contributed by atoms with Crippen LogP contribution in [0.4, 0.5) is 0 Å². The van der Waals surface area contributed by atoms with Crippen LogP contribution in [-0.2, 0) is 0 Å². The monoisotopic (exact) mass is 308 g/mol. The van der Waals surface area contributed by atoms with E-state index >= 15 is 0 Å². The molecule has 2 aliphatic heterocycles. The van der Waals surface area contributed by atoms with Gasteiger partial charge in [0.1, 0.15) is 0 Å². The summed E-state index contributed by atoms with van der Waals surface area (Å²) >= 11 is 0. The van der Waals surface area contributed by atoms with Crippen LogP contribution in [0.3, 0.4) is 0 Å². The summed E-state index contributed by atoms with van der Waals surface area (Å²) in [5.74, 6) is 3.69. The summed E-state index contributed by atoms with van der Waals surface area (Å²) in [6, 6.07) is 0. The summed E-state index contributed by atoms with van der Waals surface area (Å²) in [7, 11) is 4.16. The first-order chi connectivity index (χ1) is 10.6. The van der Waals surface area contributed by atoms with E-state index in [2.05, 4.69) is 41.0 Å². The molecule has 4 heteroatoms. The van der Waals surface area contributed by atoms with Crippen molar-refractivity contribution in [3.8, 4) is 0 Å². The standard InChI is InChI=1S/C18H36N4/c1-15(2)13-17-8-12-22(14-17)18(19-3)20-9-5-16-6-10-21(4)11-7-16/h15-17H,5-14H2,1-4H3,(H,19,20). The number of rotatable bonds is 5. The molecule has 2 fully saturated rings. The van der Waals surface area contributed by atoms with E-state index in [9.17, 15) is 0 Å². The number of hydrogen-bond acceptors (Lipinski definition) is 2. The highest BCUT2D eigenvalue weighted by Crippen LogP contribution is 2.23. The first-order valence-corrected chi connectivity index (χ1v) is 9.22. The van der Waals surface area contributed by atoms with Crippen molar-refractivity contribution in [1.82, 2.24) is 15.1 Å². The third kappa shape index (κ3) is 5.45. The Morgan fingerprint density at radius 3 is 2.45 bits per heavy atom. The lowest BCUT2D eigenvalue weighted by atomic mass is 9.94. The smallest absolute Gasteiger partial charge is 0.193 e. The number of piperidine rings is 1. The van der Waals surface area contributed by atoms with Crippen molar-refractivity contribution in [1.29, 1.82) is 0 Å². The van der Waals surface area contributed by atoms with Crippen LogP contribution in [0.2, 0.25) is 0 Å². The van der Waals surface area contributed by atoms with E-state index in [1.54, 1.807) is 0 Å². The largest absolute Gasteiger partial charge is 0.356 e. The molecular weight excluding hydrogens is 272 g/mol. The minimum absolute atomic E-state index is 0.810. The number of aliphatic imine (C=N–C) groups is 1. The molecule has 22 heavy (non-hydrogen) atoms. The average molecular weight is 309 g/mol. The molecule has 128 valence electrons. The van der Waals surface area contributed by atoms with Gasteiger partial charge in [0.25, 0.3) is 0 Å². The van der Waals surface area contributed by atoms with Gasteiger partial charge in [0, 0.05) is 26.7 Å². The highest BCUT2D eigenvalue weighted by Gasteiger charge is 2.25. The Hall–Kier alpha value is -0.770. The number of likely N-dealkylation sites (tertiary alicyclic amines) is 2. The Labute approximate surface area is 137 Å². The van der Waals surface area contributed by atoms with Crippen LogP contribution < -0.4 is 5.32 Å². The quantitative estimate of drug-likeness (QED) is 0.626. The van der Waals surface area contributed by atoms with Crippen LogP contribution in [0.5, 0.6) is 0 Å². The molecule has 0 spiro atoms. The topological polar surface area (TPSA) is 30.9 Å². The van der Waals surface area contributed by atoms with Crippen molar-refractivity contribution in [2.45, 2.75) is 46.0 Å². The van der Waals surface area contributed by atoms with Gasteiger partial charge in [-0.15, -0.1) is 0 Å². The molecule has 0 radical (unpaired) electrons. The zero-order valence-corrected chi connectivity index (χ0v) is 15.1. The Balaban J connectivity index is 1.67. The maximum absolute atomic E-state index is 4.50.